The van der Waals surface area contributed by atoms with Crippen molar-refractivity contribution in [2.45, 2.75) is 32.5 Å². The molecule has 20 heavy (non-hydrogen) atoms. The molecule has 0 heterocycles. The van der Waals surface area contributed by atoms with Crippen LogP contribution < -0.4 is 10.2 Å². The summed E-state index contributed by atoms with van der Waals surface area (Å²) >= 11 is 6.30. The molecule has 0 aliphatic heterocycles. The number of halogens is 1. The zero-order chi connectivity index (χ0) is 15.1. The van der Waals surface area contributed by atoms with Crippen LogP contribution in [-0.4, -0.2) is 44.6 Å². The number of nitrogens with zero attached hydrogens (tertiary/aromatic N) is 1. The highest BCUT2D eigenvalue weighted by Crippen LogP contribution is 2.23. The fraction of sp³-hybridized carbons (Fsp3) is 0.600. The molecule has 0 fully saturated rings. The van der Waals surface area contributed by atoms with E-state index >= 15 is 0 Å². The summed E-state index contributed by atoms with van der Waals surface area (Å²) in [5.41, 5.74) is 2.06. The van der Waals surface area contributed by atoms with Crippen molar-refractivity contribution >= 4 is 17.3 Å². The summed E-state index contributed by atoms with van der Waals surface area (Å²) in [7, 11) is 3.51. The van der Waals surface area contributed by atoms with Gasteiger partial charge in [-0.1, -0.05) is 31.5 Å². The Bertz CT molecular complexity index is 413. The number of nitrogens with one attached hydrogen (secondary N) is 1. The third-order valence-electron chi connectivity index (χ3n) is 3.02. The molecule has 0 radical (unpaired) electrons. The maximum absolute atomic E-state index is 9.74. The second-order valence-corrected chi connectivity index (χ2v) is 5.71. The summed E-state index contributed by atoms with van der Waals surface area (Å²) in [4.78, 5) is 1.97. The first-order chi connectivity index (χ1) is 9.43. The van der Waals surface area contributed by atoms with Gasteiger partial charge in [0.1, 0.15) is 0 Å². The molecule has 0 amide bonds. The standard InChI is InChI=1S/C15H25ClN2O2/c1-11(2)17-8-12-5-6-13(7-15(12)16)18(3)9-14(19)10-20-4/h5-7,11,14,17,19H,8-10H2,1-4H3. The first-order valence-corrected chi connectivity index (χ1v) is 7.21. The summed E-state index contributed by atoms with van der Waals surface area (Å²) in [6.07, 6.45) is -0.508. The number of hydrogen-bond donors (Lipinski definition) is 2. The second kappa shape index (κ2) is 8.47. The molecule has 2 N–H and O–H groups in total. The van der Waals surface area contributed by atoms with Crippen molar-refractivity contribution < 1.29 is 9.84 Å². The highest BCUT2D eigenvalue weighted by Gasteiger charge is 2.10. The molecule has 0 bridgehead atoms. The summed E-state index contributed by atoms with van der Waals surface area (Å²) in [5, 5.41) is 13.8. The minimum Gasteiger partial charge on any atom is -0.389 e. The lowest BCUT2D eigenvalue weighted by molar-refractivity contribution is 0.0695. The van der Waals surface area contributed by atoms with Crippen LogP contribution in [0.15, 0.2) is 18.2 Å². The Morgan fingerprint density at radius 2 is 2.10 bits per heavy atom. The van der Waals surface area contributed by atoms with Gasteiger partial charge >= 0.3 is 0 Å². The van der Waals surface area contributed by atoms with Crippen LogP contribution >= 0.6 is 11.6 Å². The number of likely N-dealkylation sites (N-methyl/N-ethyl adjacent to an activating group) is 1. The van der Waals surface area contributed by atoms with Crippen molar-refractivity contribution in [3.8, 4) is 0 Å². The van der Waals surface area contributed by atoms with E-state index in [0.29, 0.717) is 19.2 Å². The van der Waals surface area contributed by atoms with Crippen LogP contribution in [0.4, 0.5) is 5.69 Å². The van der Waals surface area contributed by atoms with E-state index in [1.54, 1.807) is 7.11 Å². The third kappa shape index (κ3) is 5.67. The molecule has 4 nitrogen and oxygen atoms in total. The Morgan fingerprint density at radius 3 is 2.65 bits per heavy atom. The van der Waals surface area contributed by atoms with Crippen LogP contribution in [-0.2, 0) is 11.3 Å². The fourth-order valence-electron chi connectivity index (χ4n) is 1.90. The molecule has 1 aromatic carbocycles. The smallest absolute Gasteiger partial charge is 0.0947 e. The Morgan fingerprint density at radius 1 is 1.40 bits per heavy atom. The highest BCUT2D eigenvalue weighted by molar-refractivity contribution is 6.31. The van der Waals surface area contributed by atoms with Crippen molar-refractivity contribution in [1.29, 1.82) is 0 Å². The number of benzene rings is 1. The quantitative estimate of drug-likeness (QED) is 0.773. The molecule has 114 valence electrons. The molecule has 5 heteroatoms. The number of methoxy groups -OCH3 is 1. The van der Waals surface area contributed by atoms with E-state index in [9.17, 15) is 5.11 Å². The largest absolute Gasteiger partial charge is 0.389 e. The van der Waals surface area contributed by atoms with Gasteiger partial charge in [0.25, 0.3) is 0 Å². The van der Waals surface area contributed by atoms with Crippen molar-refractivity contribution in [3.05, 3.63) is 28.8 Å². The van der Waals surface area contributed by atoms with Gasteiger partial charge in [0, 0.05) is 44.0 Å². The van der Waals surface area contributed by atoms with Crippen LogP contribution in [0, 0.1) is 0 Å². The van der Waals surface area contributed by atoms with Gasteiger partial charge in [0.2, 0.25) is 0 Å². The third-order valence-corrected chi connectivity index (χ3v) is 3.37. The zero-order valence-electron chi connectivity index (χ0n) is 12.7. The average Bonchev–Trinajstić information content (AvgIpc) is 2.37. The maximum Gasteiger partial charge on any atom is 0.0947 e. The molecule has 1 unspecified atom stereocenters. The van der Waals surface area contributed by atoms with E-state index in [-0.39, 0.29) is 0 Å². The lowest BCUT2D eigenvalue weighted by Gasteiger charge is -2.23. The molecule has 0 aliphatic carbocycles. The molecular weight excluding hydrogens is 276 g/mol. The number of ether oxygens (including phenoxy) is 1. The van der Waals surface area contributed by atoms with Crippen LogP contribution in [0.2, 0.25) is 5.02 Å². The predicted octanol–water partition coefficient (Wildman–Crippen LogP) is 2.28. The molecule has 0 saturated carbocycles. The maximum atomic E-state index is 9.74. The molecule has 0 saturated heterocycles. The van der Waals surface area contributed by atoms with Gasteiger partial charge in [0.05, 0.1) is 12.7 Å². The van der Waals surface area contributed by atoms with Crippen molar-refractivity contribution in [3.63, 3.8) is 0 Å². The van der Waals surface area contributed by atoms with Crippen LogP contribution in [0.1, 0.15) is 19.4 Å². The van der Waals surface area contributed by atoms with Crippen LogP contribution in [0.5, 0.6) is 0 Å². The zero-order valence-corrected chi connectivity index (χ0v) is 13.4. The Labute approximate surface area is 126 Å². The molecule has 0 spiro atoms. The number of aliphatic hydroxyl groups is 1. The fourth-order valence-corrected chi connectivity index (χ4v) is 2.14. The number of anilines is 1. The van der Waals surface area contributed by atoms with Gasteiger partial charge in [0.15, 0.2) is 0 Å². The number of aliphatic hydroxyl groups excluding tert-OH is 1. The minimum atomic E-state index is -0.508. The Hall–Kier alpha value is -0.810. The monoisotopic (exact) mass is 300 g/mol. The van der Waals surface area contributed by atoms with Crippen molar-refractivity contribution in [2.24, 2.45) is 0 Å². The predicted molar refractivity (Wildman–Crippen MR) is 84.6 cm³/mol. The van der Waals surface area contributed by atoms with Crippen LogP contribution in [0.3, 0.4) is 0 Å². The summed E-state index contributed by atoms with van der Waals surface area (Å²) < 4.78 is 4.93. The molecule has 0 aliphatic rings. The molecule has 1 atom stereocenters. The first-order valence-electron chi connectivity index (χ1n) is 6.84. The lowest BCUT2D eigenvalue weighted by Crippen LogP contribution is -2.31. The van der Waals surface area contributed by atoms with Gasteiger partial charge in [-0.25, -0.2) is 0 Å². The normalized spacial score (nSPS) is 12.8. The first kappa shape index (κ1) is 17.2. The average molecular weight is 301 g/mol. The van der Waals surface area contributed by atoms with E-state index < -0.39 is 6.10 Å². The van der Waals surface area contributed by atoms with Gasteiger partial charge < -0.3 is 20.1 Å². The van der Waals surface area contributed by atoms with E-state index in [2.05, 4.69) is 19.2 Å². The molecular formula is C15H25ClN2O2. The number of rotatable bonds is 8. The van der Waals surface area contributed by atoms with E-state index in [1.807, 2.05) is 30.1 Å². The van der Waals surface area contributed by atoms with Crippen molar-refractivity contribution in [1.82, 2.24) is 5.32 Å². The van der Waals surface area contributed by atoms with Gasteiger partial charge in [-0.05, 0) is 17.7 Å². The van der Waals surface area contributed by atoms with Gasteiger partial charge in [-0.3, -0.25) is 0 Å². The van der Waals surface area contributed by atoms with Gasteiger partial charge in [-0.15, -0.1) is 0 Å². The molecule has 1 aromatic rings. The second-order valence-electron chi connectivity index (χ2n) is 5.30. The van der Waals surface area contributed by atoms with E-state index in [0.717, 1.165) is 22.8 Å². The minimum absolute atomic E-state index is 0.328. The topological polar surface area (TPSA) is 44.7 Å². The van der Waals surface area contributed by atoms with Crippen molar-refractivity contribution in [2.75, 3.05) is 32.2 Å². The van der Waals surface area contributed by atoms with E-state index in [4.69, 9.17) is 16.3 Å². The SMILES string of the molecule is COCC(O)CN(C)c1ccc(CNC(C)C)c(Cl)c1. The molecule has 0 aromatic heterocycles. The summed E-state index contributed by atoms with van der Waals surface area (Å²) in [6, 6.07) is 6.39. The lowest BCUT2D eigenvalue weighted by atomic mass is 10.1. The number of hydrogen-bond acceptors (Lipinski definition) is 4. The molecule has 1 rings (SSSR count). The van der Waals surface area contributed by atoms with E-state index in [1.165, 1.54) is 0 Å². The Kier molecular flexibility index (Phi) is 7.30. The highest BCUT2D eigenvalue weighted by atomic mass is 35.5. The summed E-state index contributed by atoms with van der Waals surface area (Å²) in [5.74, 6) is 0. The van der Waals surface area contributed by atoms with Crippen LogP contribution in [0.25, 0.3) is 0 Å². The Balaban J connectivity index is 2.66. The summed E-state index contributed by atoms with van der Waals surface area (Å²) in [6.45, 7) is 5.80. The van der Waals surface area contributed by atoms with Gasteiger partial charge in [-0.2, -0.15) is 0 Å².